The number of nitrogens with zero attached hydrogens (tertiary/aromatic N) is 1. The van der Waals surface area contributed by atoms with Crippen LogP contribution in [0.3, 0.4) is 0 Å². The third kappa shape index (κ3) is 1.62. The second kappa shape index (κ2) is 3.45. The van der Waals surface area contributed by atoms with Gasteiger partial charge in [0, 0.05) is 11.6 Å². The van der Waals surface area contributed by atoms with E-state index in [9.17, 15) is 4.79 Å². The van der Waals surface area contributed by atoms with Crippen LogP contribution in [0.1, 0.15) is 10.6 Å². The lowest BCUT2D eigenvalue weighted by Crippen LogP contribution is -2.08. The predicted molar refractivity (Wildman–Crippen MR) is 49.8 cm³/mol. The van der Waals surface area contributed by atoms with Gasteiger partial charge in [0.25, 0.3) is 5.91 Å². The van der Waals surface area contributed by atoms with Crippen molar-refractivity contribution >= 4 is 29.3 Å². The Bertz CT molecular complexity index is 405. The lowest BCUT2D eigenvalue weighted by molar-refractivity contribution is 0.0976. The fourth-order valence-electron chi connectivity index (χ4n) is 1.01. The normalized spacial score (nSPS) is 9.54. The largest absolute Gasteiger partial charge is 0.449 e. The quantitative estimate of drug-likeness (QED) is 0.752. The Balaban J connectivity index is 0.000000845. The Kier molecular flexibility index (Phi) is 2.53. The molecule has 2 aromatic rings. The first kappa shape index (κ1) is 9.54. The Hall–Kier alpha value is -1.55. The minimum atomic E-state index is -0.564. The summed E-state index contributed by atoms with van der Waals surface area (Å²) in [4.78, 5) is 14.5. The van der Waals surface area contributed by atoms with Gasteiger partial charge in [-0.05, 0) is 12.1 Å². The van der Waals surface area contributed by atoms with Crippen molar-refractivity contribution in [2.75, 3.05) is 0 Å². The molecule has 0 saturated heterocycles. The number of amides is 1. The molecular formula is C8H7ClN2O2. The standard InChI is InChI=1S/C8H6N2O2.ClH/c9-8(11)6-3-5-1-2-10-4-7(5)12-6;/h1-4H,(H2,9,11);1H. The number of halogens is 1. The maximum Gasteiger partial charge on any atom is 0.284 e. The molecule has 4 nitrogen and oxygen atoms in total. The molecule has 2 N–H and O–H groups in total. The number of carbonyl (C=O) groups excluding carboxylic acids is 1. The van der Waals surface area contributed by atoms with Crippen molar-refractivity contribution in [3.05, 3.63) is 30.3 Å². The van der Waals surface area contributed by atoms with Crippen LogP contribution in [-0.2, 0) is 0 Å². The summed E-state index contributed by atoms with van der Waals surface area (Å²) in [6.07, 6.45) is 3.17. The summed E-state index contributed by atoms with van der Waals surface area (Å²) in [5, 5.41) is 0.832. The first-order valence-corrected chi connectivity index (χ1v) is 3.41. The third-order valence-corrected chi connectivity index (χ3v) is 1.57. The lowest BCUT2D eigenvalue weighted by atomic mass is 10.3. The SMILES string of the molecule is Cl.NC(=O)c1cc2ccncc2o1. The van der Waals surface area contributed by atoms with Gasteiger partial charge in [-0.3, -0.25) is 9.78 Å². The minimum absolute atomic E-state index is 0. The van der Waals surface area contributed by atoms with Gasteiger partial charge in [-0.25, -0.2) is 0 Å². The van der Waals surface area contributed by atoms with E-state index in [1.165, 1.54) is 0 Å². The molecule has 2 aromatic heterocycles. The Morgan fingerprint density at radius 1 is 1.54 bits per heavy atom. The molecule has 0 aliphatic carbocycles. The molecule has 2 rings (SSSR count). The summed E-state index contributed by atoms with van der Waals surface area (Å²) in [6, 6.07) is 3.35. The van der Waals surface area contributed by atoms with Gasteiger partial charge in [0.1, 0.15) is 0 Å². The second-order valence-corrected chi connectivity index (χ2v) is 2.39. The van der Waals surface area contributed by atoms with Gasteiger partial charge in [0.2, 0.25) is 0 Å². The first-order valence-electron chi connectivity index (χ1n) is 3.41. The zero-order chi connectivity index (χ0) is 8.55. The topological polar surface area (TPSA) is 69.1 Å². The van der Waals surface area contributed by atoms with Crippen LogP contribution >= 0.6 is 12.4 Å². The second-order valence-electron chi connectivity index (χ2n) is 2.39. The fraction of sp³-hybridized carbons (Fsp3) is 0. The Morgan fingerprint density at radius 3 is 2.92 bits per heavy atom. The van der Waals surface area contributed by atoms with Crippen LogP contribution in [0.15, 0.2) is 28.9 Å². The van der Waals surface area contributed by atoms with Crippen LogP contribution in [0.2, 0.25) is 0 Å². The molecule has 2 heterocycles. The van der Waals surface area contributed by atoms with Crippen molar-refractivity contribution in [2.45, 2.75) is 0 Å². The van der Waals surface area contributed by atoms with Gasteiger partial charge < -0.3 is 10.2 Å². The molecule has 0 saturated carbocycles. The van der Waals surface area contributed by atoms with Crippen molar-refractivity contribution in [1.82, 2.24) is 4.98 Å². The Morgan fingerprint density at radius 2 is 2.31 bits per heavy atom. The maximum absolute atomic E-state index is 10.7. The number of pyridine rings is 1. The predicted octanol–water partition coefficient (Wildman–Crippen LogP) is 1.35. The number of rotatable bonds is 1. The van der Waals surface area contributed by atoms with Crippen molar-refractivity contribution in [3.63, 3.8) is 0 Å². The molecule has 5 heteroatoms. The van der Waals surface area contributed by atoms with Crippen LogP contribution in [0.25, 0.3) is 11.0 Å². The van der Waals surface area contributed by atoms with Gasteiger partial charge in [0.05, 0.1) is 6.20 Å². The van der Waals surface area contributed by atoms with Crippen LogP contribution in [0.4, 0.5) is 0 Å². The summed E-state index contributed by atoms with van der Waals surface area (Å²) in [6.45, 7) is 0. The lowest BCUT2D eigenvalue weighted by Gasteiger charge is -1.83. The van der Waals surface area contributed by atoms with Crippen LogP contribution in [0, 0.1) is 0 Å². The number of aromatic nitrogens is 1. The highest BCUT2D eigenvalue weighted by Crippen LogP contribution is 2.16. The van der Waals surface area contributed by atoms with Crippen LogP contribution in [0.5, 0.6) is 0 Å². The number of primary amides is 1. The van der Waals surface area contributed by atoms with E-state index in [4.69, 9.17) is 10.2 Å². The van der Waals surface area contributed by atoms with E-state index in [2.05, 4.69) is 4.98 Å². The van der Waals surface area contributed by atoms with Gasteiger partial charge >= 0.3 is 0 Å². The average molecular weight is 199 g/mol. The maximum atomic E-state index is 10.7. The van der Waals surface area contributed by atoms with Gasteiger partial charge in [-0.1, -0.05) is 0 Å². The zero-order valence-corrected chi connectivity index (χ0v) is 7.38. The molecular weight excluding hydrogens is 192 g/mol. The van der Waals surface area contributed by atoms with E-state index < -0.39 is 5.91 Å². The van der Waals surface area contributed by atoms with Crippen LogP contribution < -0.4 is 5.73 Å². The van der Waals surface area contributed by atoms with Gasteiger partial charge in [0.15, 0.2) is 11.3 Å². The van der Waals surface area contributed by atoms with E-state index in [1.54, 1.807) is 24.5 Å². The molecule has 0 unspecified atom stereocenters. The minimum Gasteiger partial charge on any atom is -0.449 e. The van der Waals surface area contributed by atoms with E-state index >= 15 is 0 Å². The first-order chi connectivity index (χ1) is 5.77. The van der Waals surface area contributed by atoms with E-state index in [1.807, 2.05) is 0 Å². The molecule has 13 heavy (non-hydrogen) atoms. The summed E-state index contributed by atoms with van der Waals surface area (Å²) in [5.41, 5.74) is 5.60. The molecule has 0 aliphatic heterocycles. The summed E-state index contributed by atoms with van der Waals surface area (Å²) >= 11 is 0. The highest BCUT2D eigenvalue weighted by molar-refractivity contribution is 5.94. The van der Waals surface area contributed by atoms with Gasteiger partial charge in [-0.15, -0.1) is 12.4 Å². The van der Waals surface area contributed by atoms with E-state index in [0.717, 1.165) is 5.39 Å². The number of fused-ring (bicyclic) bond motifs is 1. The molecule has 0 aliphatic rings. The van der Waals surface area contributed by atoms with Crippen LogP contribution in [-0.4, -0.2) is 10.9 Å². The molecule has 0 spiro atoms. The summed E-state index contributed by atoms with van der Waals surface area (Å²) in [7, 11) is 0. The number of hydrogen-bond donors (Lipinski definition) is 1. The van der Waals surface area contributed by atoms with Crippen molar-refractivity contribution in [1.29, 1.82) is 0 Å². The number of nitrogens with two attached hydrogens (primary N) is 1. The molecule has 0 atom stereocenters. The number of hydrogen-bond acceptors (Lipinski definition) is 3. The molecule has 0 radical (unpaired) electrons. The van der Waals surface area contributed by atoms with Crippen molar-refractivity contribution in [3.8, 4) is 0 Å². The highest BCUT2D eigenvalue weighted by Gasteiger charge is 2.07. The third-order valence-electron chi connectivity index (χ3n) is 1.57. The van der Waals surface area contributed by atoms with Gasteiger partial charge in [-0.2, -0.15) is 0 Å². The smallest absolute Gasteiger partial charge is 0.284 e. The molecule has 68 valence electrons. The molecule has 0 fully saturated rings. The Labute approximate surface area is 80.1 Å². The van der Waals surface area contributed by atoms with E-state index in [-0.39, 0.29) is 18.2 Å². The van der Waals surface area contributed by atoms with E-state index in [0.29, 0.717) is 5.58 Å². The fourth-order valence-corrected chi connectivity index (χ4v) is 1.01. The average Bonchev–Trinajstić information content (AvgIpc) is 2.46. The molecule has 0 aromatic carbocycles. The molecule has 0 bridgehead atoms. The summed E-state index contributed by atoms with van der Waals surface area (Å²) < 4.78 is 5.09. The van der Waals surface area contributed by atoms with Crippen molar-refractivity contribution in [2.24, 2.45) is 5.73 Å². The highest BCUT2D eigenvalue weighted by atomic mass is 35.5. The zero-order valence-electron chi connectivity index (χ0n) is 6.56. The van der Waals surface area contributed by atoms with Crippen molar-refractivity contribution < 1.29 is 9.21 Å². The number of furan rings is 1. The number of carbonyl (C=O) groups is 1. The summed E-state index contributed by atoms with van der Waals surface area (Å²) in [5.74, 6) is -0.399. The monoisotopic (exact) mass is 198 g/mol. The molecule has 1 amide bonds.